The Labute approximate surface area is 136 Å². The van der Waals surface area contributed by atoms with Gasteiger partial charge in [-0.1, -0.05) is 0 Å². The molecular formula is C12H15NO10S. The van der Waals surface area contributed by atoms with E-state index in [1.54, 1.807) is 0 Å². The van der Waals surface area contributed by atoms with Crippen LogP contribution in [0.4, 0.5) is 5.69 Å². The molecule has 0 unspecified atom stereocenters. The highest BCUT2D eigenvalue weighted by atomic mass is 32.2. The Kier molecular flexibility index (Phi) is 5.49. The van der Waals surface area contributed by atoms with E-state index >= 15 is 0 Å². The summed E-state index contributed by atoms with van der Waals surface area (Å²) in [6, 6.07) is 3.75. The number of ether oxygens (including phenoxy) is 1. The van der Waals surface area contributed by atoms with Gasteiger partial charge in [0.15, 0.2) is 0 Å². The molecule has 24 heavy (non-hydrogen) atoms. The molecule has 1 aromatic rings. The molecule has 12 heteroatoms. The van der Waals surface area contributed by atoms with Gasteiger partial charge in [0.25, 0.3) is 15.8 Å². The lowest BCUT2D eigenvalue weighted by Gasteiger charge is -2.39. The Morgan fingerprint density at radius 2 is 1.71 bits per heavy atom. The molecule has 0 saturated carbocycles. The fourth-order valence-electron chi connectivity index (χ4n) is 2.06. The first-order valence-corrected chi connectivity index (χ1v) is 8.06. The highest BCUT2D eigenvalue weighted by molar-refractivity contribution is 7.86. The molecule has 4 N–H and O–H groups in total. The van der Waals surface area contributed by atoms with E-state index in [4.69, 9.17) is 9.84 Å². The minimum absolute atomic E-state index is 0.332. The normalized spacial score (nSPS) is 30.9. The predicted molar refractivity (Wildman–Crippen MR) is 75.1 cm³/mol. The smallest absolute Gasteiger partial charge is 0.299 e. The topological polar surface area (TPSA) is 177 Å². The van der Waals surface area contributed by atoms with Gasteiger partial charge in [-0.2, -0.15) is 8.42 Å². The molecule has 1 saturated heterocycles. The predicted octanol–water partition coefficient (Wildman–Crippen LogP) is -1.90. The third-order valence-corrected chi connectivity index (χ3v) is 4.70. The van der Waals surface area contributed by atoms with E-state index < -0.39 is 57.2 Å². The van der Waals surface area contributed by atoms with Gasteiger partial charge in [0.2, 0.25) is 6.29 Å². The van der Waals surface area contributed by atoms with E-state index in [0.29, 0.717) is 0 Å². The number of hydrogen-bond acceptors (Lipinski definition) is 10. The molecule has 0 amide bonds. The summed E-state index contributed by atoms with van der Waals surface area (Å²) in [7, 11) is -4.49. The molecular weight excluding hydrogens is 350 g/mol. The molecule has 1 fully saturated rings. The quantitative estimate of drug-likeness (QED) is 0.262. The Balaban J connectivity index is 2.20. The summed E-state index contributed by atoms with van der Waals surface area (Å²) in [6.07, 6.45) is -8.56. The number of nitro benzene ring substituents is 1. The van der Waals surface area contributed by atoms with E-state index in [2.05, 4.69) is 4.18 Å². The summed E-state index contributed by atoms with van der Waals surface area (Å²) in [5.41, 5.74) is -0.332. The van der Waals surface area contributed by atoms with Gasteiger partial charge in [0, 0.05) is 12.1 Å². The Morgan fingerprint density at radius 1 is 1.12 bits per heavy atom. The Morgan fingerprint density at radius 3 is 2.21 bits per heavy atom. The first-order valence-electron chi connectivity index (χ1n) is 6.65. The molecule has 2 rings (SSSR count). The maximum Gasteiger partial charge on any atom is 0.299 e. The van der Waals surface area contributed by atoms with Crippen LogP contribution in [-0.2, 0) is 19.0 Å². The van der Waals surface area contributed by atoms with Gasteiger partial charge in [-0.05, 0) is 12.1 Å². The molecule has 1 aliphatic rings. The summed E-state index contributed by atoms with van der Waals surface area (Å²) in [5.74, 6) is 0. The van der Waals surface area contributed by atoms with Crippen LogP contribution < -0.4 is 0 Å². The lowest BCUT2D eigenvalue weighted by Crippen LogP contribution is -2.59. The van der Waals surface area contributed by atoms with Gasteiger partial charge < -0.3 is 25.2 Å². The fraction of sp³-hybridized carbons (Fsp3) is 0.500. The second-order valence-corrected chi connectivity index (χ2v) is 6.57. The van der Waals surface area contributed by atoms with Crippen LogP contribution >= 0.6 is 0 Å². The summed E-state index contributed by atoms with van der Waals surface area (Å²) in [5, 5.41) is 48.5. The Bertz CT molecular complexity index is 688. The second kappa shape index (κ2) is 7.06. The minimum atomic E-state index is -4.49. The number of hydrogen-bond donors (Lipinski definition) is 4. The zero-order chi connectivity index (χ0) is 18.1. The summed E-state index contributed by atoms with van der Waals surface area (Å²) in [6.45, 7) is -0.748. The standard InChI is InChI=1S/C12H15NO10S/c14-5-8-9(15)10(16)11(17)12(22-8)23-24(20,21)7-3-1-6(2-4-7)13(18)19/h1-4,8-12,14-17H,5H2/t8-,9-,10+,11-,12-/m1/s1. The molecule has 0 aliphatic carbocycles. The minimum Gasteiger partial charge on any atom is -0.394 e. The molecule has 0 radical (unpaired) electrons. The third-order valence-electron chi connectivity index (χ3n) is 3.41. The van der Waals surface area contributed by atoms with Gasteiger partial charge >= 0.3 is 0 Å². The molecule has 5 atom stereocenters. The lowest BCUT2D eigenvalue weighted by molar-refractivity contribution is -0.384. The van der Waals surface area contributed by atoms with E-state index in [1.165, 1.54) is 0 Å². The van der Waals surface area contributed by atoms with Crippen LogP contribution in [0.5, 0.6) is 0 Å². The molecule has 0 bridgehead atoms. The number of rotatable bonds is 5. The Hall–Kier alpha value is -1.67. The average Bonchev–Trinajstić information content (AvgIpc) is 2.55. The largest absolute Gasteiger partial charge is 0.394 e. The zero-order valence-electron chi connectivity index (χ0n) is 12.0. The summed E-state index contributed by atoms with van der Waals surface area (Å²) >= 11 is 0. The van der Waals surface area contributed by atoms with E-state index in [-0.39, 0.29) is 5.69 Å². The van der Waals surface area contributed by atoms with Crippen LogP contribution in [0.1, 0.15) is 0 Å². The highest BCUT2D eigenvalue weighted by Gasteiger charge is 2.46. The van der Waals surface area contributed by atoms with Crippen LogP contribution in [0, 0.1) is 10.1 Å². The molecule has 1 aliphatic heterocycles. The second-order valence-electron chi connectivity index (χ2n) is 5.00. The average molecular weight is 365 g/mol. The van der Waals surface area contributed by atoms with Crippen molar-refractivity contribution in [1.82, 2.24) is 0 Å². The third kappa shape index (κ3) is 3.70. The maximum absolute atomic E-state index is 12.1. The van der Waals surface area contributed by atoms with Gasteiger partial charge in [0.1, 0.15) is 24.4 Å². The number of aliphatic hydroxyl groups is 4. The van der Waals surface area contributed by atoms with E-state index in [1.807, 2.05) is 0 Å². The maximum atomic E-state index is 12.1. The molecule has 0 aromatic heterocycles. The van der Waals surface area contributed by atoms with Crippen LogP contribution in [0.25, 0.3) is 0 Å². The van der Waals surface area contributed by atoms with Gasteiger partial charge in [-0.25, -0.2) is 4.18 Å². The van der Waals surface area contributed by atoms with Crippen LogP contribution in [-0.4, -0.2) is 71.1 Å². The number of benzene rings is 1. The van der Waals surface area contributed by atoms with Crippen molar-refractivity contribution in [3.05, 3.63) is 34.4 Å². The number of nitrogens with zero attached hydrogens (tertiary/aromatic N) is 1. The summed E-state index contributed by atoms with van der Waals surface area (Å²) in [4.78, 5) is 9.40. The first kappa shape index (κ1) is 18.7. The van der Waals surface area contributed by atoms with Crippen molar-refractivity contribution in [1.29, 1.82) is 0 Å². The zero-order valence-corrected chi connectivity index (χ0v) is 12.8. The van der Waals surface area contributed by atoms with Crippen molar-refractivity contribution >= 4 is 15.8 Å². The molecule has 134 valence electrons. The number of aliphatic hydroxyl groups excluding tert-OH is 4. The van der Waals surface area contributed by atoms with Crippen molar-refractivity contribution < 1.29 is 42.7 Å². The number of nitro groups is 1. The highest BCUT2D eigenvalue weighted by Crippen LogP contribution is 2.26. The van der Waals surface area contributed by atoms with Crippen LogP contribution in [0.3, 0.4) is 0 Å². The lowest BCUT2D eigenvalue weighted by atomic mass is 10.00. The monoisotopic (exact) mass is 365 g/mol. The first-order chi connectivity index (χ1) is 11.2. The fourth-order valence-corrected chi connectivity index (χ4v) is 3.05. The van der Waals surface area contributed by atoms with Crippen molar-refractivity contribution in [3.8, 4) is 0 Å². The van der Waals surface area contributed by atoms with Crippen molar-refractivity contribution in [2.45, 2.75) is 35.6 Å². The van der Waals surface area contributed by atoms with E-state index in [9.17, 15) is 33.9 Å². The van der Waals surface area contributed by atoms with Crippen LogP contribution in [0.15, 0.2) is 29.2 Å². The van der Waals surface area contributed by atoms with Gasteiger partial charge in [0.05, 0.1) is 16.4 Å². The van der Waals surface area contributed by atoms with Crippen molar-refractivity contribution in [3.63, 3.8) is 0 Å². The van der Waals surface area contributed by atoms with Gasteiger partial charge in [-0.3, -0.25) is 10.1 Å². The molecule has 0 spiro atoms. The molecule has 1 aromatic carbocycles. The van der Waals surface area contributed by atoms with Crippen molar-refractivity contribution in [2.24, 2.45) is 0 Å². The van der Waals surface area contributed by atoms with Gasteiger partial charge in [-0.15, -0.1) is 0 Å². The number of non-ortho nitro benzene ring substituents is 1. The van der Waals surface area contributed by atoms with Crippen molar-refractivity contribution in [2.75, 3.05) is 6.61 Å². The molecule has 11 nitrogen and oxygen atoms in total. The SMILES string of the molecule is O=[N+]([O-])c1ccc(S(=O)(=O)O[C@H]2O[C@H](CO)[C@@H](O)[C@H](O)[C@H]2O)cc1. The summed E-state index contributed by atoms with van der Waals surface area (Å²) < 4.78 is 33.8. The van der Waals surface area contributed by atoms with Crippen LogP contribution in [0.2, 0.25) is 0 Å². The van der Waals surface area contributed by atoms with E-state index in [0.717, 1.165) is 24.3 Å². The molecule has 1 heterocycles.